The summed E-state index contributed by atoms with van der Waals surface area (Å²) in [4.78, 5) is 16.2. The summed E-state index contributed by atoms with van der Waals surface area (Å²) >= 11 is 1.81. The Morgan fingerprint density at radius 2 is 1.65 bits per heavy atom. The number of rotatable bonds is 4. The number of thioether (sulfide) groups is 1. The molecule has 0 aromatic heterocycles. The van der Waals surface area contributed by atoms with Crippen molar-refractivity contribution < 1.29 is 4.79 Å². The summed E-state index contributed by atoms with van der Waals surface area (Å²) in [7, 11) is 0. The zero-order chi connectivity index (χ0) is 17.9. The molecule has 1 heterocycles. The third-order valence-corrected chi connectivity index (χ3v) is 5.86. The van der Waals surface area contributed by atoms with Crippen LogP contribution in [0.2, 0.25) is 0 Å². The van der Waals surface area contributed by atoms with Crippen molar-refractivity contribution in [3.8, 4) is 0 Å². The maximum absolute atomic E-state index is 13.0. The van der Waals surface area contributed by atoms with Gasteiger partial charge in [-0.05, 0) is 54.8 Å². The van der Waals surface area contributed by atoms with E-state index in [2.05, 4.69) is 49.4 Å². The van der Waals surface area contributed by atoms with E-state index < -0.39 is 0 Å². The van der Waals surface area contributed by atoms with Gasteiger partial charge in [0.2, 0.25) is 0 Å². The van der Waals surface area contributed by atoms with Crippen molar-refractivity contribution in [2.75, 3.05) is 4.90 Å². The van der Waals surface area contributed by atoms with Gasteiger partial charge in [-0.25, -0.2) is 0 Å². The van der Waals surface area contributed by atoms with Crippen LogP contribution in [0.15, 0.2) is 83.8 Å². The predicted molar refractivity (Wildman–Crippen MR) is 109 cm³/mol. The number of carbonyl (C=O) groups is 1. The van der Waals surface area contributed by atoms with E-state index in [4.69, 9.17) is 0 Å². The molecule has 0 fully saturated rings. The minimum Gasteiger partial charge on any atom is -0.305 e. The fourth-order valence-electron chi connectivity index (χ4n) is 3.44. The molecule has 2 nitrogen and oxygen atoms in total. The predicted octanol–water partition coefficient (Wildman–Crippen LogP) is 5.57. The highest BCUT2D eigenvalue weighted by Crippen LogP contribution is 2.33. The van der Waals surface area contributed by atoms with Crippen LogP contribution in [0.25, 0.3) is 0 Å². The van der Waals surface area contributed by atoms with E-state index in [1.165, 1.54) is 16.0 Å². The van der Waals surface area contributed by atoms with Gasteiger partial charge in [-0.1, -0.05) is 48.5 Å². The van der Waals surface area contributed by atoms with Crippen LogP contribution in [0.3, 0.4) is 0 Å². The van der Waals surface area contributed by atoms with Crippen LogP contribution in [0.1, 0.15) is 28.4 Å². The van der Waals surface area contributed by atoms with Gasteiger partial charge in [-0.2, -0.15) is 0 Å². The van der Waals surface area contributed by atoms with E-state index in [0.717, 1.165) is 23.4 Å². The quantitative estimate of drug-likeness (QED) is 0.568. The second-order valence-corrected chi connectivity index (χ2v) is 7.70. The molecule has 0 saturated heterocycles. The summed E-state index contributed by atoms with van der Waals surface area (Å²) < 4.78 is 0. The average Bonchev–Trinajstić information content (AvgIpc) is 3.03. The van der Waals surface area contributed by atoms with Crippen LogP contribution >= 0.6 is 11.8 Å². The summed E-state index contributed by atoms with van der Waals surface area (Å²) in [6.45, 7) is 2.11. The Bertz CT molecular complexity index is 905. The topological polar surface area (TPSA) is 20.3 Å². The minimum absolute atomic E-state index is 0.0877. The fraction of sp³-hybridized carbons (Fsp3) is 0.174. The number of amides is 1. The van der Waals surface area contributed by atoms with Crippen LogP contribution < -0.4 is 4.90 Å². The van der Waals surface area contributed by atoms with E-state index in [0.29, 0.717) is 0 Å². The molecule has 1 atom stereocenters. The van der Waals surface area contributed by atoms with E-state index >= 15 is 0 Å². The number of para-hydroxylation sites is 1. The monoisotopic (exact) mass is 359 g/mol. The van der Waals surface area contributed by atoms with Gasteiger partial charge in [0.05, 0.1) is 0 Å². The Kier molecular flexibility index (Phi) is 4.81. The fourth-order valence-corrected chi connectivity index (χ4v) is 4.32. The molecule has 130 valence electrons. The Labute approximate surface area is 158 Å². The molecular weight excluding hydrogens is 338 g/mol. The van der Waals surface area contributed by atoms with Gasteiger partial charge < -0.3 is 4.90 Å². The first-order valence-electron chi connectivity index (χ1n) is 8.90. The third-order valence-electron chi connectivity index (χ3n) is 4.78. The Morgan fingerprint density at radius 3 is 2.42 bits per heavy atom. The van der Waals surface area contributed by atoms with E-state index in [9.17, 15) is 4.79 Å². The van der Waals surface area contributed by atoms with Crippen molar-refractivity contribution >= 4 is 23.4 Å². The minimum atomic E-state index is 0.0877. The molecule has 3 aromatic rings. The van der Waals surface area contributed by atoms with Crippen molar-refractivity contribution in [2.24, 2.45) is 0 Å². The number of hydrogen-bond acceptors (Lipinski definition) is 2. The summed E-state index contributed by atoms with van der Waals surface area (Å²) in [6, 6.07) is 26.8. The van der Waals surface area contributed by atoms with Gasteiger partial charge in [0.25, 0.3) is 5.91 Å². The highest BCUT2D eigenvalue weighted by atomic mass is 32.2. The molecule has 1 aliphatic heterocycles. The number of fused-ring (bicyclic) bond motifs is 1. The first kappa shape index (κ1) is 16.9. The highest BCUT2D eigenvalue weighted by Gasteiger charge is 2.31. The molecular formula is C23H21NOS. The molecule has 3 aromatic carbocycles. The van der Waals surface area contributed by atoms with Crippen LogP contribution in [-0.4, -0.2) is 11.9 Å². The second kappa shape index (κ2) is 7.38. The van der Waals surface area contributed by atoms with E-state index in [-0.39, 0.29) is 11.9 Å². The van der Waals surface area contributed by atoms with Crippen molar-refractivity contribution in [1.29, 1.82) is 0 Å². The molecule has 0 N–H and O–H groups in total. The molecule has 0 saturated carbocycles. The molecule has 1 unspecified atom stereocenters. The van der Waals surface area contributed by atoms with Crippen molar-refractivity contribution in [2.45, 2.75) is 30.0 Å². The molecule has 0 aliphatic carbocycles. The molecule has 0 bridgehead atoms. The number of carbonyl (C=O) groups excluding carboxylic acids is 1. The number of benzene rings is 3. The first-order valence-corrected chi connectivity index (χ1v) is 9.89. The van der Waals surface area contributed by atoms with Crippen molar-refractivity contribution in [3.05, 3.63) is 95.6 Å². The second-order valence-electron chi connectivity index (χ2n) is 6.66. The third kappa shape index (κ3) is 3.40. The molecule has 0 radical (unpaired) electrons. The summed E-state index contributed by atoms with van der Waals surface area (Å²) in [5.74, 6) is 0.992. The van der Waals surface area contributed by atoms with E-state index in [1.807, 2.05) is 53.1 Å². The number of hydrogen-bond donors (Lipinski definition) is 0. The standard InChI is InChI=1S/C23H21NOS/c1-17-15-20-7-5-6-10-22(20)24(17)23(25)19-13-11-18(12-14-19)16-26-21-8-3-2-4-9-21/h2-14,17H,15-16H2,1H3. The van der Waals surface area contributed by atoms with Crippen LogP contribution in [0, 0.1) is 0 Å². The van der Waals surface area contributed by atoms with Crippen LogP contribution in [0.4, 0.5) is 5.69 Å². The molecule has 0 spiro atoms. The Morgan fingerprint density at radius 1 is 0.962 bits per heavy atom. The SMILES string of the molecule is CC1Cc2ccccc2N1C(=O)c1ccc(CSc2ccccc2)cc1. The molecule has 26 heavy (non-hydrogen) atoms. The smallest absolute Gasteiger partial charge is 0.258 e. The maximum Gasteiger partial charge on any atom is 0.258 e. The van der Waals surface area contributed by atoms with Gasteiger partial charge in [0.1, 0.15) is 0 Å². The van der Waals surface area contributed by atoms with Gasteiger partial charge >= 0.3 is 0 Å². The van der Waals surface area contributed by atoms with Crippen LogP contribution in [0.5, 0.6) is 0 Å². The summed E-state index contributed by atoms with van der Waals surface area (Å²) in [6.07, 6.45) is 0.924. The summed E-state index contributed by atoms with van der Waals surface area (Å²) in [5, 5.41) is 0. The van der Waals surface area contributed by atoms with Gasteiger partial charge in [-0.15, -0.1) is 11.8 Å². The zero-order valence-electron chi connectivity index (χ0n) is 14.8. The van der Waals surface area contributed by atoms with Gasteiger partial charge in [0, 0.05) is 27.9 Å². The first-order chi connectivity index (χ1) is 12.7. The van der Waals surface area contributed by atoms with Gasteiger partial charge in [-0.3, -0.25) is 4.79 Å². The van der Waals surface area contributed by atoms with Gasteiger partial charge in [0.15, 0.2) is 0 Å². The lowest BCUT2D eigenvalue weighted by molar-refractivity contribution is 0.0981. The molecule has 4 rings (SSSR count). The number of anilines is 1. The normalized spacial score (nSPS) is 15.7. The number of nitrogens with zero attached hydrogens (tertiary/aromatic N) is 1. The summed E-state index contributed by atoms with van der Waals surface area (Å²) in [5.41, 5.74) is 4.28. The van der Waals surface area contributed by atoms with Crippen molar-refractivity contribution in [1.82, 2.24) is 0 Å². The lowest BCUT2D eigenvalue weighted by atomic mass is 10.1. The Balaban J connectivity index is 1.47. The lowest BCUT2D eigenvalue weighted by Crippen LogP contribution is -2.35. The molecule has 3 heteroatoms. The Hall–Kier alpha value is -2.52. The average molecular weight is 359 g/mol. The largest absolute Gasteiger partial charge is 0.305 e. The lowest BCUT2D eigenvalue weighted by Gasteiger charge is -2.23. The maximum atomic E-state index is 13.0. The van der Waals surface area contributed by atoms with Crippen molar-refractivity contribution in [3.63, 3.8) is 0 Å². The van der Waals surface area contributed by atoms with E-state index in [1.54, 1.807) is 0 Å². The highest BCUT2D eigenvalue weighted by molar-refractivity contribution is 7.98. The van der Waals surface area contributed by atoms with Crippen LogP contribution in [-0.2, 0) is 12.2 Å². The molecule has 1 aliphatic rings. The zero-order valence-corrected chi connectivity index (χ0v) is 15.6. The molecule has 1 amide bonds.